The van der Waals surface area contributed by atoms with Crippen molar-refractivity contribution >= 4 is 23.2 Å². The average molecular weight is 398 g/mol. The van der Waals surface area contributed by atoms with Gasteiger partial charge in [-0.15, -0.1) is 11.3 Å². The van der Waals surface area contributed by atoms with E-state index in [1.54, 1.807) is 11.3 Å². The zero-order chi connectivity index (χ0) is 19.7. The fourth-order valence-electron chi connectivity index (χ4n) is 3.98. The van der Waals surface area contributed by atoms with E-state index in [9.17, 15) is 9.59 Å². The molecule has 6 heteroatoms. The van der Waals surface area contributed by atoms with E-state index in [2.05, 4.69) is 30.3 Å². The summed E-state index contributed by atoms with van der Waals surface area (Å²) in [5.41, 5.74) is 9.23. The first-order chi connectivity index (χ1) is 13.5. The lowest BCUT2D eigenvalue weighted by Crippen LogP contribution is -2.34. The van der Waals surface area contributed by atoms with E-state index in [0.717, 1.165) is 58.8 Å². The molecule has 3 heterocycles. The van der Waals surface area contributed by atoms with Crippen LogP contribution in [0.2, 0.25) is 0 Å². The van der Waals surface area contributed by atoms with Crippen LogP contribution in [0.15, 0.2) is 30.3 Å². The maximum absolute atomic E-state index is 12.8. The second kappa shape index (κ2) is 8.05. The van der Waals surface area contributed by atoms with E-state index in [4.69, 9.17) is 5.73 Å². The molecule has 4 rings (SSSR count). The van der Waals surface area contributed by atoms with Crippen LogP contribution in [0.5, 0.6) is 0 Å². The topological polar surface area (TPSA) is 66.6 Å². The monoisotopic (exact) mass is 397 g/mol. The normalized spacial score (nSPS) is 20.1. The van der Waals surface area contributed by atoms with Crippen molar-refractivity contribution < 1.29 is 9.59 Å². The van der Waals surface area contributed by atoms with E-state index in [0.29, 0.717) is 19.5 Å². The van der Waals surface area contributed by atoms with E-state index in [-0.39, 0.29) is 17.9 Å². The number of carbonyl (C=O) groups is 2. The Balaban J connectivity index is 1.47. The van der Waals surface area contributed by atoms with Gasteiger partial charge in [0.1, 0.15) is 0 Å². The molecule has 0 unspecified atom stereocenters. The van der Waals surface area contributed by atoms with Gasteiger partial charge in [0, 0.05) is 43.5 Å². The van der Waals surface area contributed by atoms with Crippen molar-refractivity contribution in [3.05, 3.63) is 46.3 Å². The van der Waals surface area contributed by atoms with Crippen LogP contribution in [0.1, 0.15) is 46.5 Å². The molecule has 2 fully saturated rings. The molecule has 2 N–H and O–H groups in total. The third kappa shape index (κ3) is 3.98. The first-order valence-electron chi connectivity index (χ1n) is 10.0. The van der Waals surface area contributed by atoms with E-state index in [1.807, 2.05) is 16.7 Å². The number of amides is 2. The summed E-state index contributed by atoms with van der Waals surface area (Å²) in [6.45, 7) is 4.93. The number of piperidine rings is 1. The van der Waals surface area contributed by atoms with E-state index < -0.39 is 0 Å². The largest absolute Gasteiger partial charge is 0.338 e. The predicted molar refractivity (Wildman–Crippen MR) is 112 cm³/mol. The minimum Gasteiger partial charge on any atom is -0.338 e. The summed E-state index contributed by atoms with van der Waals surface area (Å²) in [5, 5.41) is 0. The molecular weight excluding hydrogens is 370 g/mol. The van der Waals surface area contributed by atoms with Gasteiger partial charge < -0.3 is 15.5 Å². The Labute approximate surface area is 170 Å². The number of nitrogens with two attached hydrogens (primary N) is 1. The van der Waals surface area contributed by atoms with Gasteiger partial charge in [-0.1, -0.05) is 24.3 Å². The molecule has 1 atom stereocenters. The predicted octanol–water partition coefficient (Wildman–Crippen LogP) is 3.41. The lowest BCUT2D eigenvalue weighted by molar-refractivity contribution is -0.133. The highest BCUT2D eigenvalue weighted by Crippen LogP contribution is 2.33. The van der Waals surface area contributed by atoms with Crippen molar-refractivity contribution in [1.29, 1.82) is 0 Å². The zero-order valence-corrected chi connectivity index (χ0v) is 17.1. The number of hydrogen-bond donors (Lipinski definition) is 1. The third-order valence-electron chi connectivity index (χ3n) is 5.66. The van der Waals surface area contributed by atoms with Gasteiger partial charge in [0.2, 0.25) is 5.91 Å². The summed E-state index contributed by atoms with van der Waals surface area (Å²) in [6, 6.07) is 10.6. The highest BCUT2D eigenvalue weighted by molar-refractivity contribution is 7.17. The number of aryl methyl sites for hydroxylation is 1. The van der Waals surface area contributed by atoms with Gasteiger partial charge >= 0.3 is 0 Å². The highest BCUT2D eigenvalue weighted by atomic mass is 32.1. The highest BCUT2D eigenvalue weighted by Gasteiger charge is 2.27. The van der Waals surface area contributed by atoms with Crippen LogP contribution in [-0.4, -0.2) is 47.3 Å². The molecule has 0 saturated carbocycles. The van der Waals surface area contributed by atoms with Crippen LogP contribution in [0.3, 0.4) is 0 Å². The summed E-state index contributed by atoms with van der Waals surface area (Å²) in [6.07, 6.45) is 3.66. The number of hydrogen-bond acceptors (Lipinski definition) is 4. The van der Waals surface area contributed by atoms with E-state index >= 15 is 0 Å². The average Bonchev–Trinajstić information content (AvgIpc) is 3.30. The number of rotatable bonds is 4. The number of carbonyl (C=O) groups excluding carboxylic acids is 2. The molecule has 0 spiro atoms. The van der Waals surface area contributed by atoms with Crippen molar-refractivity contribution in [2.75, 3.05) is 19.6 Å². The summed E-state index contributed by atoms with van der Waals surface area (Å²) in [4.78, 5) is 30.5. The molecule has 1 aromatic heterocycles. The first-order valence-corrected chi connectivity index (χ1v) is 10.9. The van der Waals surface area contributed by atoms with Gasteiger partial charge in [-0.05, 0) is 48.9 Å². The Bertz CT molecular complexity index is 874. The Morgan fingerprint density at radius 1 is 1.21 bits per heavy atom. The molecule has 1 aromatic carbocycles. The Kier molecular flexibility index (Phi) is 5.51. The van der Waals surface area contributed by atoms with Gasteiger partial charge in [0.05, 0.1) is 4.88 Å². The molecule has 0 aliphatic carbocycles. The van der Waals surface area contributed by atoms with Gasteiger partial charge in [-0.3, -0.25) is 9.59 Å². The van der Waals surface area contributed by atoms with Crippen molar-refractivity contribution in [1.82, 2.24) is 9.80 Å². The van der Waals surface area contributed by atoms with Crippen LogP contribution in [0.4, 0.5) is 0 Å². The zero-order valence-electron chi connectivity index (χ0n) is 16.3. The van der Waals surface area contributed by atoms with Gasteiger partial charge in [-0.25, -0.2) is 0 Å². The van der Waals surface area contributed by atoms with Crippen LogP contribution in [-0.2, 0) is 11.3 Å². The molecule has 2 aliphatic rings. The summed E-state index contributed by atoms with van der Waals surface area (Å²) in [5.74, 6) is 0.357. The number of benzene rings is 1. The van der Waals surface area contributed by atoms with Crippen molar-refractivity contribution in [2.45, 2.75) is 45.2 Å². The number of thiophene rings is 1. The van der Waals surface area contributed by atoms with Crippen LogP contribution < -0.4 is 5.73 Å². The quantitative estimate of drug-likeness (QED) is 0.860. The van der Waals surface area contributed by atoms with Gasteiger partial charge in [-0.2, -0.15) is 0 Å². The van der Waals surface area contributed by atoms with Crippen molar-refractivity contribution in [2.24, 2.45) is 5.73 Å². The third-order valence-corrected chi connectivity index (χ3v) is 6.93. The summed E-state index contributed by atoms with van der Waals surface area (Å²) < 4.78 is 0. The fraction of sp³-hybridized carbons (Fsp3) is 0.455. The molecule has 0 radical (unpaired) electrons. The molecule has 5 nitrogen and oxygen atoms in total. The minimum atomic E-state index is 0.0990. The Morgan fingerprint density at radius 3 is 2.68 bits per heavy atom. The van der Waals surface area contributed by atoms with Gasteiger partial charge in [0.15, 0.2) is 0 Å². The second-order valence-corrected chi connectivity index (χ2v) is 8.94. The lowest BCUT2D eigenvalue weighted by atomic mass is 10.1. The molecular formula is C22H27N3O2S. The van der Waals surface area contributed by atoms with Crippen LogP contribution >= 0.6 is 11.3 Å². The lowest BCUT2D eigenvalue weighted by Gasteiger charge is -2.26. The van der Waals surface area contributed by atoms with Crippen molar-refractivity contribution in [3.63, 3.8) is 0 Å². The molecule has 2 amide bonds. The fourth-order valence-corrected chi connectivity index (χ4v) is 5.12. The molecule has 2 aromatic rings. The number of nitrogens with zero attached hydrogens (tertiary/aromatic N) is 2. The maximum atomic E-state index is 12.8. The second-order valence-electron chi connectivity index (χ2n) is 7.89. The van der Waals surface area contributed by atoms with Crippen molar-refractivity contribution in [3.8, 4) is 10.4 Å². The van der Waals surface area contributed by atoms with Crippen LogP contribution in [0.25, 0.3) is 10.4 Å². The summed E-state index contributed by atoms with van der Waals surface area (Å²) >= 11 is 1.55. The Hall–Kier alpha value is -2.18. The summed E-state index contributed by atoms with van der Waals surface area (Å²) in [7, 11) is 0. The molecule has 2 aliphatic heterocycles. The Morgan fingerprint density at radius 2 is 2.00 bits per heavy atom. The minimum absolute atomic E-state index is 0.0990. The van der Waals surface area contributed by atoms with Gasteiger partial charge in [0.25, 0.3) is 5.91 Å². The maximum Gasteiger partial charge on any atom is 0.264 e. The standard InChI is InChI=1S/C22H27N3O2S/c1-15-12-19(28-21(15)22(27)25-11-9-18(23)14-25)17-7-5-16(6-8-17)13-24-10-3-2-4-20(24)26/h5-8,12,18H,2-4,9-11,13-14,23H2,1H3/t18-/m0/s1. The smallest absolute Gasteiger partial charge is 0.264 e. The SMILES string of the molecule is Cc1cc(-c2ccc(CN3CCCCC3=O)cc2)sc1C(=O)N1CC[C@H](N)C1. The number of likely N-dealkylation sites (tertiary alicyclic amines) is 2. The van der Waals surface area contributed by atoms with Crippen LogP contribution in [0, 0.1) is 6.92 Å². The van der Waals surface area contributed by atoms with E-state index in [1.165, 1.54) is 0 Å². The molecule has 28 heavy (non-hydrogen) atoms. The molecule has 0 bridgehead atoms. The first kappa shape index (κ1) is 19.2. The molecule has 2 saturated heterocycles. The molecule has 148 valence electrons.